The van der Waals surface area contributed by atoms with Gasteiger partial charge in [-0.3, -0.25) is 0 Å². The van der Waals surface area contributed by atoms with Gasteiger partial charge in [-0.1, -0.05) is 0 Å². The standard InChI is InChI=1S/C10H10N3O2.3CH3.Sn/c1-12(2)9-11-7-5-3-4-6-8(7)13(9)10(14)15;;;;/h3,5-6H,1-2H3,(H,14,15);3*1H3;. The second kappa shape index (κ2) is 4.70. The molecule has 0 radical (unpaired) electrons. The van der Waals surface area contributed by atoms with Crippen LogP contribution >= 0.6 is 0 Å². The average Bonchev–Trinajstić information content (AvgIpc) is 2.65. The first-order chi connectivity index (χ1) is 8.71. The normalized spacial score (nSPS) is 11.8. The topological polar surface area (TPSA) is 58.4 Å². The van der Waals surface area contributed by atoms with Crippen LogP contribution in [0.2, 0.25) is 14.8 Å². The van der Waals surface area contributed by atoms with Gasteiger partial charge in [0.15, 0.2) is 0 Å². The van der Waals surface area contributed by atoms with Crippen LogP contribution in [0.1, 0.15) is 0 Å². The molecule has 0 aliphatic rings. The zero-order chi connectivity index (χ0) is 14.4. The molecule has 0 aliphatic carbocycles. The molecule has 0 amide bonds. The second-order valence-corrected chi connectivity index (χ2v) is 20.4. The fraction of sp³-hybridized carbons (Fsp3) is 0.385. The van der Waals surface area contributed by atoms with Crippen molar-refractivity contribution in [1.29, 1.82) is 0 Å². The van der Waals surface area contributed by atoms with Crippen molar-refractivity contribution in [3.8, 4) is 0 Å². The molecule has 1 heterocycles. The van der Waals surface area contributed by atoms with Gasteiger partial charge in [-0.05, 0) is 0 Å². The molecule has 1 aromatic heterocycles. The predicted octanol–water partition coefficient (Wildman–Crippen LogP) is 2.17. The van der Waals surface area contributed by atoms with Crippen molar-refractivity contribution in [2.45, 2.75) is 14.8 Å². The van der Waals surface area contributed by atoms with Crippen LogP contribution in [0.5, 0.6) is 0 Å². The van der Waals surface area contributed by atoms with Crippen molar-refractivity contribution in [2.24, 2.45) is 0 Å². The number of hydrogen-bond acceptors (Lipinski definition) is 3. The number of imidazole rings is 1. The molecule has 1 aromatic carbocycles. The molecule has 1 N–H and O–H groups in total. The summed E-state index contributed by atoms with van der Waals surface area (Å²) in [6, 6.07) is 6.02. The van der Waals surface area contributed by atoms with Gasteiger partial charge in [0, 0.05) is 0 Å². The minimum absolute atomic E-state index is 0.448. The first-order valence-corrected chi connectivity index (χ1v) is 16.1. The fourth-order valence-electron chi connectivity index (χ4n) is 2.02. The van der Waals surface area contributed by atoms with Crippen molar-refractivity contribution >= 4 is 45.0 Å². The van der Waals surface area contributed by atoms with Crippen molar-refractivity contribution in [3.63, 3.8) is 0 Å². The molecule has 5 nitrogen and oxygen atoms in total. The van der Waals surface area contributed by atoms with Crippen LogP contribution in [0.4, 0.5) is 10.7 Å². The van der Waals surface area contributed by atoms with Gasteiger partial charge >= 0.3 is 116 Å². The summed E-state index contributed by atoms with van der Waals surface area (Å²) in [5, 5.41) is 9.41. The van der Waals surface area contributed by atoms with Gasteiger partial charge in [-0.2, -0.15) is 0 Å². The summed E-state index contributed by atoms with van der Waals surface area (Å²) in [7, 11) is 3.59. The van der Waals surface area contributed by atoms with Gasteiger partial charge in [0.2, 0.25) is 0 Å². The molecule has 2 rings (SSSR count). The molecule has 0 saturated heterocycles. The van der Waals surface area contributed by atoms with Crippen LogP contribution in [0, 0.1) is 0 Å². The zero-order valence-electron chi connectivity index (χ0n) is 11.9. The van der Waals surface area contributed by atoms with Crippen LogP contribution in [0.3, 0.4) is 0 Å². The molecule has 0 unspecified atom stereocenters. The molecule has 0 saturated carbocycles. The molecule has 0 atom stereocenters. The molecule has 6 heteroatoms. The van der Waals surface area contributed by atoms with E-state index in [4.69, 9.17) is 0 Å². The number of carbonyl (C=O) groups is 1. The summed E-state index contributed by atoms with van der Waals surface area (Å²) in [5.74, 6) is 0.448. The Kier molecular flexibility index (Phi) is 3.51. The Hall–Kier alpha value is -1.24. The molecule has 0 spiro atoms. The minimum atomic E-state index is -2.21. The Bertz CT molecular complexity index is 641. The van der Waals surface area contributed by atoms with E-state index < -0.39 is 24.5 Å². The molecular weight excluding hydrogens is 349 g/mol. The van der Waals surface area contributed by atoms with Gasteiger partial charge in [0.25, 0.3) is 0 Å². The summed E-state index contributed by atoms with van der Waals surface area (Å²) in [4.78, 5) is 24.5. The van der Waals surface area contributed by atoms with E-state index in [1.807, 2.05) is 12.1 Å². The Balaban J connectivity index is 2.77. The number of aromatic nitrogens is 2. The summed E-state index contributed by atoms with van der Waals surface area (Å²) in [6.07, 6.45) is -0.993. The predicted molar refractivity (Wildman–Crippen MR) is 80.5 cm³/mol. The van der Waals surface area contributed by atoms with E-state index in [1.54, 1.807) is 19.0 Å². The number of benzene rings is 1. The molecule has 102 valence electrons. The molecule has 0 fully saturated rings. The number of rotatable bonds is 2. The summed E-state index contributed by atoms with van der Waals surface area (Å²) >= 11 is -2.21. The molecular formula is C13H19N3O2Sn. The van der Waals surface area contributed by atoms with Crippen LogP contribution in [-0.4, -0.2) is 53.2 Å². The van der Waals surface area contributed by atoms with Crippen molar-refractivity contribution in [3.05, 3.63) is 18.2 Å². The van der Waals surface area contributed by atoms with Crippen LogP contribution in [0.25, 0.3) is 11.0 Å². The summed E-state index contributed by atoms with van der Waals surface area (Å²) < 4.78 is 2.56. The van der Waals surface area contributed by atoms with E-state index in [1.165, 1.54) is 8.15 Å². The van der Waals surface area contributed by atoms with E-state index in [-0.39, 0.29) is 0 Å². The maximum atomic E-state index is 11.5. The number of carboxylic acid groups (broad SMARTS) is 1. The monoisotopic (exact) mass is 369 g/mol. The van der Waals surface area contributed by atoms with Gasteiger partial charge in [-0.15, -0.1) is 0 Å². The Labute approximate surface area is 116 Å². The molecule has 0 aliphatic heterocycles. The molecule has 19 heavy (non-hydrogen) atoms. The van der Waals surface area contributed by atoms with Gasteiger partial charge in [0.1, 0.15) is 0 Å². The number of fused-ring (bicyclic) bond motifs is 1. The third-order valence-corrected chi connectivity index (χ3v) is 8.93. The number of nitrogens with zero attached hydrogens (tertiary/aromatic N) is 3. The average molecular weight is 368 g/mol. The van der Waals surface area contributed by atoms with Gasteiger partial charge in [0.05, 0.1) is 0 Å². The number of anilines is 1. The Morgan fingerprint density at radius 1 is 1.32 bits per heavy atom. The van der Waals surface area contributed by atoms with E-state index in [2.05, 4.69) is 25.9 Å². The van der Waals surface area contributed by atoms with Crippen molar-refractivity contribution in [2.75, 3.05) is 19.0 Å². The van der Waals surface area contributed by atoms with Gasteiger partial charge < -0.3 is 0 Å². The fourth-order valence-corrected chi connectivity index (χ4v) is 5.31. The summed E-state index contributed by atoms with van der Waals surface area (Å²) in [5.41, 5.74) is 1.41. The van der Waals surface area contributed by atoms with Crippen LogP contribution in [-0.2, 0) is 0 Å². The van der Waals surface area contributed by atoms with Crippen molar-refractivity contribution in [1.82, 2.24) is 9.55 Å². The Morgan fingerprint density at radius 3 is 2.42 bits per heavy atom. The quantitative estimate of drug-likeness (QED) is 0.826. The van der Waals surface area contributed by atoms with Gasteiger partial charge in [-0.25, -0.2) is 0 Å². The molecule has 0 bridgehead atoms. The first kappa shape index (κ1) is 14.2. The SMILES string of the molecule is CN(C)c1nc2cc[c]([Sn]([CH3])([CH3])[CH3])cc2n1C(=O)O. The summed E-state index contributed by atoms with van der Waals surface area (Å²) in [6.45, 7) is 0. The van der Waals surface area contributed by atoms with E-state index in [0.717, 1.165) is 5.52 Å². The first-order valence-electron chi connectivity index (χ1n) is 6.15. The van der Waals surface area contributed by atoms with Crippen molar-refractivity contribution < 1.29 is 9.90 Å². The second-order valence-electron chi connectivity index (χ2n) is 5.88. The zero-order valence-corrected chi connectivity index (χ0v) is 14.8. The number of hydrogen-bond donors (Lipinski definition) is 1. The maximum absolute atomic E-state index is 11.5. The van der Waals surface area contributed by atoms with E-state index in [9.17, 15) is 9.90 Å². The van der Waals surface area contributed by atoms with Crippen LogP contribution in [0.15, 0.2) is 18.2 Å². The van der Waals surface area contributed by atoms with Crippen LogP contribution < -0.4 is 8.48 Å². The van der Waals surface area contributed by atoms with E-state index in [0.29, 0.717) is 11.5 Å². The molecule has 2 aromatic rings. The van der Waals surface area contributed by atoms with E-state index >= 15 is 0 Å². The third-order valence-electron chi connectivity index (χ3n) is 3.09. The Morgan fingerprint density at radius 2 is 1.95 bits per heavy atom. The third kappa shape index (κ3) is 2.56.